The van der Waals surface area contributed by atoms with Gasteiger partial charge in [-0.25, -0.2) is 13.6 Å². The van der Waals surface area contributed by atoms with Crippen LogP contribution in [-0.4, -0.2) is 26.7 Å². The molecule has 0 aliphatic heterocycles. The lowest BCUT2D eigenvalue weighted by molar-refractivity contribution is -0.140. The molecule has 1 heterocycles. The maximum atomic E-state index is 11.7. The average molecular weight is 372 g/mol. The first-order valence-corrected chi connectivity index (χ1v) is 9.19. The van der Waals surface area contributed by atoms with Gasteiger partial charge < -0.3 is 9.26 Å². The maximum absolute atomic E-state index is 11.7. The molecule has 2 aromatic carbocycles. The second kappa shape index (κ2) is 7.11. The molecule has 2 N–H and O–H groups in total. The van der Waals surface area contributed by atoms with Crippen LogP contribution in [0.3, 0.4) is 0 Å². The highest BCUT2D eigenvalue weighted by Gasteiger charge is 2.22. The molecule has 0 saturated carbocycles. The summed E-state index contributed by atoms with van der Waals surface area (Å²) in [7, 11) is -2.51. The van der Waals surface area contributed by atoms with Gasteiger partial charge in [0.15, 0.2) is 5.76 Å². The van der Waals surface area contributed by atoms with Crippen LogP contribution in [0.25, 0.3) is 22.4 Å². The van der Waals surface area contributed by atoms with Gasteiger partial charge in [-0.3, -0.25) is 4.79 Å². The van der Waals surface area contributed by atoms with Gasteiger partial charge in [0.05, 0.1) is 17.6 Å². The summed E-state index contributed by atoms with van der Waals surface area (Å²) in [5.41, 5.74) is 2.60. The van der Waals surface area contributed by atoms with E-state index in [1.165, 1.54) is 19.2 Å². The van der Waals surface area contributed by atoms with E-state index in [9.17, 15) is 13.2 Å². The molecule has 1 aromatic heterocycles. The molecule has 3 aromatic rings. The van der Waals surface area contributed by atoms with E-state index < -0.39 is 16.0 Å². The molecule has 0 aliphatic rings. The lowest BCUT2D eigenvalue weighted by Gasteiger charge is -2.06. The molecule has 3 rings (SSSR count). The van der Waals surface area contributed by atoms with E-state index in [4.69, 9.17) is 14.4 Å². The number of rotatable bonds is 5. The van der Waals surface area contributed by atoms with Crippen molar-refractivity contribution in [3.63, 3.8) is 0 Å². The van der Waals surface area contributed by atoms with Crippen molar-refractivity contribution in [1.82, 2.24) is 5.16 Å². The first-order chi connectivity index (χ1) is 12.4. The minimum absolute atomic E-state index is 0.00603. The number of ether oxygens (including phenoxy) is 1. The van der Waals surface area contributed by atoms with Crippen LogP contribution in [0.15, 0.2) is 64.0 Å². The highest BCUT2D eigenvalue weighted by atomic mass is 32.2. The molecule has 7 nitrogen and oxygen atoms in total. The van der Waals surface area contributed by atoms with E-state index in [0.717, 1.165) is 5.56 Å². The average Bonchev–Trinajstić information content (AvgIpc) is 3.05. The second-order valence-corrected chi connectivity index (χ2v) is 7.08. The van der Waals surface area contributed by atoms with Gasteiger partial charge in [-0.2, -0.15) is 0 Å². The standard InChI is InChI=1S/C18H16N2O5S/c1-24-16(21)11-15-17(12-7-9-14(10-8-12)26(19,22)23)18(20-25-15)13-5-3-2-4-6-13/h2-10H,11H2,1H3,(H2,19,22,23). The largest absolute Gasteiger partial charge is 0.469 e. The quantitative estimate of drug-likeness (QED) is 0.688. The number of esters is 1. The third-order valence-electron chi connectivity index (χ3n) is 3.81. The van der Waals surface area contributed by atoms with Crippen LogP contribution in [0.1, 0.15) is 5.76 Å². The fraction of sp³-hybridized carbons (Fsp3) is 0.111. The van der Waals surface area contributed by atoms with E-state index in [1.807, 2.05) is 30.3 Å². The van der Waals surface area contributed by atoms with Gasteiger partial charge in [0.2, 0.25) is 10.0 Å². The second-order valence-electron chi connectivity index (χ2n) is 5.52. The van der Waals surface area contributed by atoms with Crippen molar-refractivity contribution in [2.24, 2.45) is 5.14 Å². The summed E-state index contributed by atoms with van der Waals surface area (Å²) in [5, 5.41) is 9.24. The Labute approximate surface area is 150 Å². The van der Waals surface area contributed by atoms with Crippen molar-refractivity contribution in [2.45, 2.75) is 11.3 Å². The normalized spacial score (nSPS) is 11.3. The number of nitrogens with zero attached hydrogens (tertiary/aromatic N) is 1. The van der Waals surface area contributed by atoms with E-state index in [1.54, 1.807) is 12.1 Å². The molecular formula is C18H16N2O5S. The van der Waals surface area contributed by atoms with Crippen LogP contribution in [0.2, 0.25) is 0 Å². The van der Waals surface area contributed by atoms with E-state index >= 15 is 0 Å². The van der Waals surface area contributed by atoms with Crippen molar-refractivity contribution in [3.05, 3.63) is 60.4 Å². The molecule has 134 valence electrons. The first kappa shape index (κ1) is 17.8. The topological polar surface area (TPSA) is 112 Å². The number of methoxy groups -OCH3 is 1. The third-order valence-corrected chi connectivity index (χ3v) is 4.74. The van der Waals surface area contributed by atoms with Gasteiger partial charge in [-0.15, -0.1) is 0 Å². The van der Waals surface area contributed by atoms with Crippen LogP contribution < -0.4 is 5.14 Å². The Morgan fingerprint density at radius 1 is 1.08 bits per heavy atom. The predicted molar refractivity (Wildman–Crippen MR) is 94.5 cm³/mol. The molecule has 0 fully saturated rings. The Balaban J connectivity index is 2.13. The summed E-state index contributed by atoms with van der Waals surface area (Å²) in [6, 6.07) is 15.3. The zero-order valence-electron chi connectivity index (χ0n) is 13.9. The summed E-state index contributed by atoms with van der Waals surface area (Å²) in [6.07, 6.45) is -0.0946. The Bertz CT molecular complexity index is 1030. The summed E-state index contributed by atoms with van der Waals surface area (Å²) >= 11 is 0. The molecule has 0 unspecified atom stereocenters. The lowest BCUT2D eigenvalue weighted by atomic mass is 9.98. The minimum Gasteiger partial charge on any atom is -0.469 e. The molecule has 0 saturated heterocycles. The summed E-state index contributed by atoms with van der Waals surface area (Å²) in [6.45, 7) is 0. The SMILES string of the molecule is COC(=O)Cc1onc(-c2ccccc2)c1-c1ccc(S(N)(=O)=O)cc1. The number of primary sulfonamides is 1. The molecule has 0 amide bonds. The number of carbonyl (C=O) groups is 1. The molecule has 0 spiro atoms. The van der Waals surface area contributed by atoms with E-state index in [2.05, 4.69) is 5.16 Å². The molecule has 8 heteroatoms. The van der Waals surface area contributed by atoms with Crippen molar-refractivity contribution >= 4 is 16.0 Å². The molecular weight excluding hydrogens is 356 g/mol. The molecule has 0 aliphatic carbocycles. The number of benzene rings is 2. The predicted octanol–water partition coefficient (Wildman–Crippen LogP) is 2.37. The van der Waals surface area contributed by atoms with Crippen molar-refractivity contribution in [1.29, 1.82) is 0 Å². The first-order valence-electron chi connectivity index (χ1n) is 7.64. The van der Waals surface area contributed by atoms with Gasteiger partial charge in [0, 0.05) is 5.56 Å². The minimum atomic E-state index is -3.80. The lowest BCUT2D eigenvalue weighted by Crippen LogP contribution is -2.11. The van der Waals surface area contributed by atoms with Gasteiger partial charge in [-0.1, -0.05) is 47.6 Å². The molecule has 0 atom stereocenters. The summed E-state index contributed by atoms with van der Waals surface area (Å²) < 4.78 is 33.0. The van der Waals surface area contributed by atoms with Crippen LogP contribution in [0.5, 0.6) is 0 Å². The van der Waals surface area contributed by atoms with Crippen LogP contribution in [0, 0.1) is 0 Å². The van der Waals surface area contributed by atoms with Crippen LogP contribution in [0.4, 0.5) is 0 Å². The van der Waals surface area contributed by atoms with E-state index in [-0.39, 0.29) is 11.3 Å². The van der Waals surface area contributed by atoms with Crippen molar-refractivity contribution in [3.8, 4) is 22.4 Å². The number of hydrogen-bond donors (Lipinski definition) is 1. The highest BCUT2D eigenvalue weighted by Crippen LogP contribution is 2.35. The fourth-order valence-electron chi connectivity index (χ4n) is 2.55. The summed E-state index contributed by atoms with van der Waals surface area (Å²) in [5.74, 6) is -0.137. The molecule has 26 heavy (non-hydrogen) atoms. The van der Waals surface area contributed by atoms with Gasteiger partial charge in [0.1, 0.15) is 12.1 Å². The Morgan fingerprint density at radius 2 is 1.73 bits per heavy atom. The highest BCUT2D eigenvalue weighted by molar-refractivity contribution is 7.89. The van der Waals surface area contributed by atoms with Gasteiger partial charge in [-0.05, 0) is 17.7 Å². The van der Waals surface area contributed by atoms with Gasteiger partial charge in [0.25, 0.3) is 0 Å². The number of hydrogen-bond acceptors (Lipinski definition) is 6. The maximum Gasteiger partial charge on any atom is 0.313 e. The molecule has 0 radical (unpaired) electrons. The van der Waals surface area contributed by atoms with Crippen molar-refractivity contribution < 1.29 is 22.5 Å². The number of carbonyl (C=O) groups excluding carboxylic acids is 1. The monoisotopic (exact) mass is 372 g/mol. The fourth-order valence-corrected chi connectivity index (χ4v) is 3.07. The van der Waals surface area contributed by atoms with Gasteiger partial charge >= 0.3 is 5.97 Å². The van der Waals surface area contributed by atoms with E-state index in [0.29, 0.717) is 22.6 Å². The number of nitrogens with two attached hydrogens (primary N) is 1. The number of sulfonamides is 1. The molecule has 0 bridgehead atoms. The zero-order chi connectivity index (χ0) is 18.7. The Kier molecular flexibility index (Phi) is 4.88. The van der Waals surface area contributed by atoms with Crippen LogP contribution >= 0.6 is 0 Å². The zero-order valence-corrected chi connectivity index (χ0v) is 14.7. The van der Waals surface area contributed by atoms with Crippen molar-refractivity contribution in [2.75, 3.05) is 7.11 Å². The smallest absolute Gasteiger partial charge is 0.313 e. The summed E-state index contributed by atoms with van der Waals surface area (Å²) in [4.78, 5) is 11.7. The third kappa shape index (κ3) is 3.66. The Hall–Kier alpha value is -2.97. The Morgan fingerprint density at radius 3 is 2.31 bits per heavy atom. The van der Waals surface area contributed by atoms with Crippen LogP contribution in [-0.2, 0) is 26.0 Å². The number of aromatic nitrogens is 1.